The summed E-state index contributed by atoms with van der Waals surface area (Å²) in [6, 6.07) is 2.32. The van der Waals surface area contributed by atoms with Gasteiger partial charge in [0.25, 0.3) is 0 Å². The third kappa shape index (κ3) is 3.84. The summed E-state index contributed by atoms with van der Waals surface area (Å²) in [5.74, 6) is 2.79. The van der Waals surface area contributed by atoms with Crippen molar-refractivity contribution in [3.05, 3.63) is 23.9 Å². The van der Waals surface area contributed by atoms with E-state index in [0.29, 0.717) is 11.4 Å². The van der Waals surface area contributed by atoms with Gasteiger partial charge in [0.2, 0.25) is 0 Å². The van der Waals surface area contributed by atoms with Crippen molar-refractivity contribution < 1.29 is 13.2 Å². The SMILES string of the molecule is CCC#CSc1ccc(C(F)(F)F)cn1. The van der Waals surface area contributed by atoms with Crippen LogP contribution in [0.3, 0.4) is 0 Å². The Morgan fingerprint density at radius 1 is 1.40 bits per heavy atom. The summed E-state index contributed by atoms with van der Waals surface area (Å²) in [6.45, 7) is 1.90. The van der Waals surface area contributed by atoms with Crippen LogP contribution in [0.2, 0.25) is 0 Å². The number of halogens is 3. The van der Waals surface area contributed by atoms with Crippen LogP contribution in [0, 0.1) is 11.2 Å². The minimum absolute atomic E-state index is 0.476. The molecule has 0 unspecified atom stereocenters. The third-order valence-corrected chi connectivity index (χ3v) is 2.17. The summed E-state index contributed by atoms with van der Waals surface area (Å²) >= 11 is 1.12. The smallest absolute Gasteiger partial charge is 0.248 e. The lowest BCUT2D eigenvalue weighted by Crippen LogP contribution is -2.04. The van der Waals surface area contributed by atoms with Gasteiger partial charge < -0.3 is 0 Å². The van der Waals surface area contributed by atoms with E-state index in [1.165, 1.54) is 6.07 Å². The Labute approximate surface area is 90.1 Å². The normalized spacial score (nSPS) is 10.7. The van der Waals surface area contributed by atoms with Gasteiger partial charge in [-0.2, -0.15) is 13.2 Å². The molecule has 0 aliphatic rings. The first-order valence-corrected chi connectivity index (χ1v) is 5.03. The molecule has 0 saturated carbocycles. The zero-order chi connectivity index (χ0) is 11.3. The van der Waals surface area contributed by atoms with Crippen LogP contribution in [0.15, 0.2) is 23.4 Å². The Bertz CT molecular complexity index is 372. The Kier molecular flexibility index (Phi) is 4.04. The Balaban J connectivity index is 2.73. The lowest BCUT2D eigenvalue weighted by atomic mass is 10.3. The molecule has 1 aromatic heterocycles. The molecule has 0 aliphatic heterocycles. The second-order valence-electron chi connectivity index (χ2n) is 2.62. The number of hydrogen-bond acceptors (Lipinski definition) is 2. The summed E-state index contributed by atoms with van der Waals surface area (Å²) in [6.07, 6.45) is -2.80. The van der Waals surface area contributed by atoms with E-state index in [9.17, 15) is 13.2 Å². The fourth-order valence-corrected chi connectivity index (χ4v) is 1.33. The Morgan fingerprint density at radius 2 is 2.13 bits per heavy atom. The monoisotopic (exact) mass is 231 g/mol. The molecule has 0 saturated heterocycles. The summed E-state index contributed by atoms with van der Waals surface area (Å²) in [4.78, 5) is 3.66. The zero-order valence-corrected chi connectivity index (χ0v) is 8.75. The summed E-state index contributed by atoms with van der Waals surface area (Å²) in [5.41, 5.74) is -0.740. The zero-order valence-electron chi connectivity index (χ0n) is 7.93. The van der Waals surface area contributed by atoms with Gasteiger partial charge in [-0.15, -0.1) is 0 Å². The molecule has 0 radical (unpaired) electrons. The predicted octanol–water partition coefficient (Wildman–Crippen LogP) is 3.56. The molecular weight excluding hydrogens is 223 g/mol. The minimum atomic E-state index is -4.33. The molecule has 0 amide bonds. The topological polar surface area (TPSA) is 12.9 Å². The molecule has 15 heavy (non-hydrogen) atoms. The lowest BCUT2D eigenvalue weighted by molar-refractivity contribution is -0.137. The molecule has 1 heterocycles. The van der Waals surface area contributed by atoms with Crippen molar-refractivity contribution in [3.8, 4) is 11.2 Å². The number of thioether (sulfide) groups is 1. The van der Waals surface area contributed by atoms with Gasteiger partial charge >= 0.3 is 6.18 Å². The second kappa shape index (κ2) is 5.08. The van der Waals surface area contributed by atoms with E-state index in [1.807, 2.05) is 6.92 Å². The fourth-order valence-electron chi connectivity index (χ4n) is 0.769. The molecular formula is C10H8F3NS. The number of aromatic nitrogens is 1. The summed E-state index contributed by atoms with van der Waals surface area (Å²) in [7, 11) is 0. The number of rotatable bonds is 1. The van der Waals surface area contributed by atoms with Crippen molar-refractivity contribution in [1.82, 2.24) is 4.98 Å². The lowest BCUT2D eigenvalue weighted by Gasteiger charge is -2.05. The first-order valence-electron chi connectivity index (χ1n) is 4.22. The first-order chi connectivity index (χ1) is 7.04. The van der Waals surface area contributed by atoms with E-state index in [4.69, 9.17) is 0 Å². The Hall–Kier alpha value is -1.15. The maximum atomic E-state index is 12.2. The number of nitrogens with zero attached hydrogens (tertiary/aromatic N) is 1. The average molecular weight is 231 g/mol. The van der Waals surface area contributed by atoms with Crippen LogP contribution in [0.4, 0.5) is 13.2 Å². The average Bonchev–Trinajstić information content (AvgIpc) is 2.18. The number of hydrogen-bond donors (Lipinski definition) is 0. The van der Waals surface area contributed by atoms with Crippen molar-refractivity contribution in [2.75, 3.05) is 0 Å². The molecule has 0 spiro atoms. The van der Waals surface area contributed by atoms with Gasteiger partial charge in [0.15, 0.2) is 0 Å². The van der Waals surface area contributed by atoms with Crippen molar-refractivity contribution in [3.63, 3.8) is 0 Å². The highest BCUT2D eigenvalue weighted by molar-refractivity contribution is 8.03. The van der Waals surface area contributed by atoms with Gasteiger partial charge in [-0.3, -0.25) is 0 Å². The molecule has 1 rings (SSSR count). The predicted molar refractivity (Wildman–Crippen MR) is 53.2 cm³/mol. The van der Waals surface area contributed by atoms with E-state index in [-0.39, 0.29) is 0 Å². The molecule has 0 aliphatic carbocycles. The van der Waals surface area contributed by atoms with Crippen molar-refractivity contribution in [1.29, 1.82) is 0 Å². The van der Waals surface area contributed by atoms with E-state index < -0.39 is 11.7 Å². The maximum Gasteiger partial charge on any atom is 0.417 e. The van der Waals surface area contributed by atoms with Crippen molar-refractivity contribution in [2.24, 2.45) is 0 Å². The highest BCUT2D eigenvalue weighted by Gasteiger charge is 2.30. The van der Waals surface area contributed by atoms with Gasteiger partial charge in [-0.25, -0.2) is 4.98 Å². The molecule has 0 bridgehead atoms. The third-order valence-electron chi connectivity index (χ3n) is 1.47. The molecule has 0 atom stereocenters. The standard InChI is InChI=1S/C10H8F3NS/c1-2-3-6-15-9-5-4-8(7-14-9)10(11,12)13/h4-5,7H,2H2,1H3. The van der Waals surface area contributed by atoms with Crippen molar-refractivity contribution in [2.45, 2.75) is 24.5 Å². The number of alkyl halides is 3. The molecule has 0 aromatic carbocycles. The summed E-state index contributed by atoms with van der Waals surface area (Å²) in [5, 5.41) is 3.21. The number of pyridine rings is 1. The van der Waals surface area contributed by atoms with Crippen LogP contribution in [0.25, 0.3) is 0 Å². The summed E-state index contributed by atoms with van der Waals surface area (Å²) < 4.78 is 36.5. The van der Waals surface area contributed by atoms with Crippen LogP contribution >= 0.6 is 11.8 Å². The van der Waals surface area contributed by atoms with Crippen LogP contribution in [-0.2, 0) is 6.18 Å². The van der Waals surface area contributed by atoms with Crippen LogP contribution < -0.4 is 0 Å². The van der Waals surface area contributed by atoms with Gasteiger partial charge in [-0.1, -0.05) is 12.8 Å². The first kappa shape index (κ1) is 11.9. The Morgan fingerprint density at radius 3 is 2.60 bits per heavy atom. The molecule has 0 fully saturated rings. The van der Waals surface area contributed by atoms with Crippen LogP contribution in [0.5, 0.6) is 0 Å². The largest absolute Gasteiger partial charge is 0.417 e. The quantitative estimate of drug-likeness (QED) is 0.541. The second-order valence-corrected chi connectivity index (χ2v) is 3.44. The van der Waals surface area contributed by atoms with Crippen LogP contribution in [0.1, 0.15) is 18.9 Å². The molecule has 80 valence electrons. The van der Waals surface area contributed by atoms with E-state index >= 15 is 0 Å². The van der Waals surface area contributed by atoms with Crippen molar-refractivity contribution >= 4 is 11.8 Å². The maximum absolute atomic E-state index is 12.2. The molecule has 0 N–H and O–H groups in total. The van der Waals surface area contributed by atoms with Gasteiger partial charge in [0.05, 0.1) is 5.56 Å². The van der Waals surface area contributed by atoms with E-state index in [2.05, 4.69) is 16.2 Å². The van der Waals surface area contributed by atoms with E-state index in [0.717, 1.165) is 24.0 Å². The highest BCUT2D eigenvalue weighted by Crippen LogP contribution is 2.29. The van der Waals surface area contributed by atoms with Crippen LogP contribution in [-0.4, -0.2) is 4.98 Å². The van der Waals surface area contributed by atoms with E-state index in [1.54, 1.807) is 0 Å². The molecule has 1 aromatic rings. The fraction of sp³-hybridized carbons (Fsp3) is 0.300. The van der Waals surface area contributed by atoms with Gasteiger partial charge in [-0.05, 0) is 29.1 Å². The molecule has 1 nitrogen and oxygen atoms in total. The van der Waals surface area contributed by atoms with Gasteiger partial charge in [0, 0.05) is 12.6 Å². The van der Waals surface area contributed by atoms with Gasteiger partial charge in [0.1, 0.15) is 5.03 Å². The minimum Gasteiger partial charge on any atom is -0.248 e. The highest BCUT2D eigenvalue weighted by atomic mass is 32.2. The molecule has 5 heteroatoms.